The lowest BCUT2D eigenvalue weighted by molar-refractivity contribution is 0.0594. The molecule has 0 atom stereocenters. The standard InChI is InChI=1S/C18H21Cl2N3O4S/c1-3-27-8-4-7-23(10-16-22-15(11-28-16)17(24)26-2)18(25)21-12-5-6-13(19)14(20)9-12/h5-6,9,11H,3-4,7-8,10H2,1-2H3,(H,21,25). The van der Waals surface area contributed by atoms with Gasteiger partial charge in [0, 0.05) is 30.8 Å². The van der Waals surface area contributed by atoms with Crippen LogP contribution in [0.2, 0.25) is 10.0 Å². The summed E-state index contributed by atoms with van der Waals surface area (Å²) in [4.78, 5) is 30.2. The normalized spacial score (nSPS) is 10.6. The van der Waals surface area contributed by atoms with Crippen molar-refractivity contribution >= 4 is 52.2 Å². The fourth-order valence-electron chi connectivity index (χ4n) is 2.28. The molecule has 28 heavy (non-hydrogen) atoms. The zero-order valence-electron chi connectivity index (χ0n) is 15.5. The van der Waals surface area contributed by atoms with Crippen molar-refractivity contribution in [2.45, 2.75) is 19.9 Å². The van der Waals surface area contributed by atoms with Crippen molar-refractivity contribution in [2.24, 2.45) is 0 Å². The fraction of sp³-hybridized carbons (Fsp3) is 0.389. The van der Waals surface area contributed by atoms with Crippen LogP contribution in [0.5, 0.6) is 0 Å². The second-order valence-corrected chi connectivity index (χ2v) is 7.41. The van der Waals surface area contributed by atoms with Crippen LogP contribution in [0, 0.1) is 0 Å². The lowest BCUT2D eigenvalue weighted by atomic mass is 10.3. The van der Waals surface area contributed by atoms with Gasteiger partial charge in [-0.2, -0.15) is 0 Å². The Kier molecular flexibility index (Phi) is 8.98. The van der Waals surface area contributed by atoms with E-state index >= 15 is 0 Å². The van der Waals surface area contributed by atoms with Gasteiger partial charge >= 0.3 is 12.0 Å². The van der Waals surface area contributed by atoms with Gasteiger partial charge in [0.2, 0.25) is 0 Å². The van der Waals surface area contributed by atoms with Gasteiger partial charge in [0.05, 0.1) is 23.7 Å². The third kappa shape index (κ3) is 6.63. The van der Waals surface area contributed by atoms with Gasteiger partial charge in [0.15, 0.2) is 5.69 Å². The molecular weight excluding hydrogens is 425 g/mol. The second-order valence-electron chi connectivity index (χ2n) is 5.65. The average Bonchev–Trinajstić information content (AvgIpc) is 3.15. The second kappa shape index (κ2) is 11.2. The van der Waals surface area contributed by atoms with E-state index in [-0.39, 0.29) is 18.3 Å². The summed E-state index contributed by atoms with van der Waals surface area (Å²) in [6, 6.07) is 4.55. The molecule has 2 amide bonds. The van der Waals surface area contributed by atoms with Crippen molar-refractivity contribution < 1.29 is 19.1 Å². The average molecular weight is 446 g/mol. The van der Waals surface area contributed by atoms with Gasteiger partial charge in [0.1, 0.15) is 5.01 Å². The third-order valence-corrected chi connectivity index (χ3v) is 5.22. The third-order valence-electron chi connectivity index (χ3n) is 3.65. The first-order valence-corrected chi connectivity index (χ1v) is 10.2. The number of methoxy groups -OCH3 is 1. The van der Waals surface area contributed by atoms with Gasteiger partial charge in [0.25, 0.3) is 0 Å². The molecule has 0 aliphatic rings. The summed E-state index contributed by atoms with van der Waals surface area (Å²) in [7, 11) is 1.30. The highest BCUT2D eigenvalue weighted by Gasteiger charge is 2.18. The fourth-order valence-corrected chi connectivity index (χ4v) is 3.35. The van der Waals surface area contributed by atoms with Crippen LogP contribution in [-0.4, -0.2) is 48.8 Å². The highest BCUT2D eigenvalue weighted by Crippen LogP contribution is 2.25. The van der Waals surface area contributed by atoms with Gasteiger partial charge in [-0.25, -0.2) is 14.6 Å². The van der Waals surface area contributed by atoms with Crippen LogP contribution in [0.25, 0.3) is 0 Å². The lowest BCUT2D eigenvalue weighted by Gasteiger charge is -2.22. The minimum atomic E-state index is -0.509. The van der Waals surface area contributed by atoms with Crippen LogP contribution in [0.3, 0.4) is 0 Å². The topological polar surface area (TPSA) is 80.8 Å². The van der Waals surface area contributed by atoms with Crippen molar-refractivity contribution in [1.82, 2.24) is 9.88 Å². The lowest BCUT2D eigenvalue weighted by Crippen LogP contribution is -2.35. The number of halogens is 2. The summed E-state index contributed by atoms with van der Waals surface area (Å²) in [6.45, 7) is 3.78. The number of thiazole rings is 1. The van der Waals surface area contributed by atoms with E-state index < -0.39 is 5.97 Å². The molecule has 1 aromatic carbocycles. The van der Waals surface area contributed by atoms with Crippen LogP contribution in [-0.2, 0) is 16.0 Å². The molecule has 0 aliphatic heterocycles. The number of anilines is 1. The van der Waals surface area contributed by atoms with Crippen LogP contribution in [0.4, 0.5) is 10.5 Å². The van der Waals surface area contributed by atoms with Crippen molar-refractivity contribution in [3.8, 4) is 0 Å². The molecule has 0 radical (unpaired) electrons. The number of rotatable bonds is 9. The Balaban J connectivity index is 2.08. The first-order chi connectivity index (χ1) is 13.4. The highest BCUT2D eigenvalue weighted by atomic mass is 35.5. The van der Waals surface area contributed by atoms with Crippen molar-refractivity contribution in [2.75, 3.05) is 32.2 Å². The van der Waals surface area contributed by atoms with Gasteiger partial charge in [-0.1, -0.05) is 23.2 Å². The monoisotopic (exact) mass is 445 g/mol. The number of ether oxygens (including phenoxy) is 2. The molecule has 1 heterocycles. The molecule has 0 bridgehead atoms. The van der Waals surface area contributed by atoms with Gasteiger partial charge in [-0.05, 0) is 31.5 Å². The van der Waals surface area contributed by atoms with Crippen molar-refractivity contribution in [3.05, 3.63) is 44.3 Å². The first-order valence-electron chi connectivity index (χ1n) is 8.56. The van der Waals surface area contributed by atoms with Crippen LogP contribution in [0.15, 0.2) is 23.6 Å². The maximum Gasteiger partial charge on any atom is 0.357 e. The highest BCUT2D eigenvalue weighted by molar-refractivity contribution is 7.09. The molecule has 1 N–H and O–H groups in total. The Morgan fingerprint density at radius 2 is 2.07 bits per heavy atom. The van der Waals surface area contributed by atoms with Crippen LogP contribution in [0.1, 0.15) is 28.8 Å². The van der Waals surface area contributed by atoms with E-state index in [9.17, 15) is 9.59 Å². The van der Waals surface area contributed by atoms with Crippen LogP contribution >= 0.6 is 34.5 Å². The minimum Gasteiger partial charge on any atom is -0.464 e. The summed E-state index contributed by atoms with van der Waals surface area (Å²) in [5.74, 6) is -0.509. The van der Waals surface area contributed by atoms with E-state index in [1.54, 1.807) is 28.5 Å². The number of nitrogens with one attached hydrogen (secondary N) is 1. The van der Waals surface area contributed by atoms with Gasteiger partial charge in [-0.3, -0.25) is 0 Å². The summed E-state index contributed by atoms with van der Waals surface area (Å²) in [5.41, 5.74) is 0.755. The number of benzene rings is 1. The summed E-state index contributed by atoms with van der Waals surface area (Å²) >= 11 is 13.2. The number of carbonyl (C=O) groups is 2. The summed E-state index contributed by atoms with van der Waals surface area (Å²) in [6.07, 6.45) is 0.665. The predicted octanol–water partition coefficient (Wildman–Crippen LogP) is 4.70. The molecular formula is C18H21Cl2N3O4S. The molecule has 0 unspecified atom stereocenters. The number of hydrogen-bond acceptors (Lipinski definition) is 6. The molecule has 0 saturated heterocycles. The minimum absolute atomic E-state index is 0.224. The Bertz CT molecular complexity index is 816. The van der Waals surface area contributed by atoms with E-state index in [1.807, 2.05) is 6.92 Å². The predicted molar refractivity (Wildman–Crippen MR) is 110 cm³/mol. The molecule has 152 valence electrons. The van der Waals surface area contributed by atoms with Crippen molar-refractivity contribution in [3.63, 3.8) is 0 Å². The maximum absolute atomic E-state index is 12.8. The quantitative estimate of drug-likeness (QED) is 0.446. The number of amides is 2. The molecule has 2 rings (SSSR count). The molecule has 0 aliphatic carbocycles. The zero-order valence-corrected chi connectivity index (χ0v) is 17.9. The van der Waals surface area contributed by atoms with E-state index in [0.717, 1.165) is 0 Å². The van der Waals surface area contributed by atoms with Gasteiger partial charge < -0.3 is 19.7 Å². The molecule has 10 heteroatoms. The molecule has 7 nitrogen and oxygen atoms in total. The Morgan fingerprint density at radius 1 is 1.29 bits per heavy atom. The first kappa shape index (κ1) is 22.4. The van der Waals surface area contributed by atoms with E-state index in [0.29, 0.717) is 46.9 Å². The SMILES string of the molecule is CCOCCCN(Cc1nc(C(=O)OC)cs1)C(=O)Nc1ccc(Cl)c(Cl)c1. The smallest absolute Gasteiger partial charge is 0.357 e. The zero-order chi connectivity index (χ0) is 20.5. The van der Waals surface area contributed by atoms with E-state index in [2.05, 4.69) is 15.0 Å². The largest absolute Gasteiger partial charge is 0.464 e. The number of urea groups is 1. The molecule has 0 spiro atoms. The number of aromatic nitrogens is 1. The number of esters is 1. The van der Waals surface area contributed by atoms with E-state index in [4.69, 9.17) is 27.9 Å². The van der Waals surface area contributed by atoms with Crippen LogP contribution < -0.4 is 5.32 Å². The summed E-state index contributed by atoms with van der Waals surface area (Å²) < 4.78 is 10.0. The number of carbonyl (C=O) groups excluding carboxylic acids is 2. The molecule has 2 aromatic rings. The molecule has 1 aromatic heterocycles. The van der Waals surface area contributed by atoms with E-state index in [1.165, 1.54) is 18.4 Å². The van der Waals surface area contributed by atoms with Gasteiger partial charge in [-0.15, -0.1) is 11.3 Å². The molecule has 0 fully saturated rings. The summed E-state index contributed by atoms with van der Waals surface area (Å²) in [5, 5.41) is 5.79. The maximum atomic E-state index is 12.8. The molecule has 0 saturated carbocycles. The Hall–Kier alpha value is -1.87. The van der Waals surface area contributed by atoms with Crippen molar-refractivity contribution in [1.29, 1.82) is 0 Å². The number of nitrogens with zero attached hydrogens (tertiary/aromatic N) is 2. The number of hydrogen-bond donors (Lipinski definition) is 1. The Labute approximate surface area is 177 Å². The Morgan fingerprint density at radius 3 is 2.75 bits per heavy atom.